The molecule has 2 heterocycles. The third kappa shape index (κ3) is 5.71. The second kappa shape index (κ2) is 9.83. The van der Waals surface area contributed by atoms with Crippen LogP contribution in [0.4, 0.5) is 18.9 Å². The van der Waals surface area contributed by atoms with Gasteiger partial charge in [0.1, 0.15) is 5.75 Å². The summed E-state index contributed by atoms with van der Waals surface area (Å²) in [5.41, 5.74) is 0.0341. The SMILES string of the molecule is CN(C(=O)Cc1ccc2c(c1)NC(=O)CS2(=O)=O)[C@H](CN1CC[C@H](O)C1)c1cccc(C(F)(F)F)c1. The number of halogens is 3. The summed E-state index contributed by atoms with van der Waals surface area (Å²) >= 11 is 0. The number of aliphatic hydroxyl groups excluding tert-OH is 1. The van der Waals surface area contributed by atoms with E-state index in [0.29, 0.717) is 30.6 Å². The summed E-state index contributed by atoms with van der Waals surface area (Å²) in [7, 11) is -2.26. The zero-order chi connectivity index (χ0) is 26.3. The minimum Gasteiger partial charge on any atom is -0.392 e. The maximum absolute atomic E-state index is 13.4. The van der Waals surface area contributed by atoms with Gasteiger partial charge in [0.05, 0.1) is 34.7 Å². The number of nitrogens with zero attached hydrogens (tertiary/aromatic N) is 2. The number of likely N-dealkylation sites (N-methyl/N-ethyl adjacent to an activating group) is 1. The van der Waals surface area contributed by atoms with Crippen LogP contribution in [0.2, 0.25) is 0 Å². The number of hydrogen-bond acceptors (Lipinski definition) is 6. The molecule has 0 unspecified atom stereocenters. The summed E-state index contributed by atoms with van der Waals surface area (Å²) in [6, 6.07) is 8.36. The van der Waals surface area contributed by atoms with Gasteiger partial charge in [-0.25, -0.2) is 8.42 Å². The molecule has 194 valence electrons. The Labute approximate surface area is 206 Å². The van der Waals surface area contributed by atoms with Crippen LogP contribution >= 0.6 is 0 Å². The van der Waals surface area contributed by atoms with E-state index in [-0.39, 0.29) is 23.5 Å². The predicted molar refractivity (Wildman–Crippen MR) is 125 cm³/mol. The number of likely N-dealkylation sites (tertiary alicyclic amines) is 1. The van der Waals surface area contributed by atoms with Crippen LogP contribution in [-0.2, 0) is 32.0 Å². The molecule has 2 aliphatic rings. The Hall–Kier alpha value is -2.96. The van der Waals surface area contributed by atoms with Crippen LogP contribution in [0.3, 0.4) is 0 Å². The Morgan fingerprint density at radius 2 is 2.00 bits per heavy atom. The highest BCUT2D eigenvalue weighted by Gasteiger charge is 2.34. The van der Waals surface area contributed by atoms with Crippen molar-refractivity contribution in [2.45, 2.75) is 36.1 Å². The Morgan fingerprint density at radius 1 is 1.25 bits per heavy atom. The number of alkyl halides is 3. The van der Waals surface area contributed by atoms with Crippen molar-refractivity contribution in [3.05, 3.63) is 59.2 Å². The molecule has 2 amide bonds. The van der Waals surface area contributed by atoms with Gasteiger partial charge >= 0.3 is 6.18 Å². The Morgan fingerprint density at radius 3 is 2.67 bits per heavy atom. The smallest absolute Gasteiger partial charge is 0.392 e. The zero-order valence-electron chi connectivity index (χ0n) is 19.5. The second-order valence-corrected chi connectivity index (χ2v) is 11.1. The number of benzene rings is 2. The summed E-state index contributed by atoms with van der Waals surface area (Å²) in [4.78, 5) is 28.2. The molecule has 2 aliphatic heterocycles. The van der Waals surface area contributed by atoms with Crippen LogP contribution in [0.5, 0.6) is 0 Å². The fourth-order valence-electron chi connectivity index (χ4n) is 4.56. The molecule has 36 heavy (non-hydrogen) atoms. The van der Waals surface area contributed by atoms with Gasteiger partial charge < -0.3 is 15.3 Å². The van der Waals surface area contributed by atoms with E-state index in [0.717, 1.165) is 12.1 Å². The molecule has 2 atom stereocenters. The Bertz CT molecular complexity index is 1280. The molecular formula is C24H26F3N3O5S. The first-order valence-corrected chi connectivity index (χ1v) is 13.0. The monoisotopic (exact) mass is 525 g/mol. The van der Waals surface area contributed by atoms with E-state index in [4.69, 9.17) is 0 Å². The van der Waals surface area contributed by atoms with Gasteiger partial charge in [-0.05, 0) is 41.8 Å². The lowest BCUT2D eigenvalue weighted by atomic mass is 10.0. The molecule has 2 aromatic carbocycles. The molecule has 4 rings (SSSR count). The van der Waals surface area contributed by atoms with Gasteiger partial charge in [-0.15, -0.1) is 0 Å². The number of sulfone groups is 1. The minimum atomic E-state index is -4.54. The number of nitrogens with one attached hydrogen (secondary N) is 1. The number of fused-ring (bicyclic) bond motifs is 1. The number of aliphatic hydroxyl groups is 1. The first-order chi connectivity index (χ1) is 16.8. The first-order valence-electron chi connectivity index (χ1n) is 11.3. The van der Waals surface area contributed by atoms with E-state index in [1.165, 1.54) is 42.3 Å². The quantitative estimate of drug-likeness (QED) is 0.599. The van der Waals surface area contributed by atoms with Crippen molar-refractivity contribution >= 4 is 27.3 Å². The molecule has 0 aliphatic carbocycles. The van der Waals surface area contributed by atoms with Crippen molar-refractivity contribution in [2.75, 3.05) is 37.8 Å². The van der Waals surface area contributed by atoms with E-state index in [9.17, 15) is 36.3 Å². The van der Waals surface area contributed by atoms with E-state index in [2.05, 4.69) is 5.32 Å². The Balaban J connectivity index is 1.59. The van der Waals surface area contributed by atoms with Crippen molar-refractivity contribution in [1.29, 1.82) is 0 Å². The highest BCUT2D eigenvalue weighted by Crippen LogP contribution is 2.33. The summed E-state index contributed by atoms with van der Waals surface area (Å²) in [5.74, 6) is -1.71. The summed E-state index contributed by atoms with van der Waals surface area (Å²) < 4.78 is 64.5. The molecule has 0 radical (unpaired) electrons. The maximum atomic E-state index is 13.4. The van der Waals surface area contributed by atoms with Gasteiger partial charge in [0, 0.05) is 26.7 Å². The highest BCUT2D eigenvalue weighted by molar-refractivity contribution is 7.92. The van der Waals surface area contributed by atoms with E-state index in [1.54, 1.807) is 0 Å². The fraction of sp³-hybridized carbons (Fsp3) is 0.417. The number of amides is 2. The maximum Gasteiger partial charge on any atom is 0.416 e. The molecule has 12 heteroatoms. The number of rotatable bonds is 6. The average molecular weight is 526 g/mol. The lowest BCUT2D eigenvalue weighted by Gasteiger charge is -2.32. The number of hydrogen-bond donors (Lipinski definition) is 2. The molecule has 2 aromatic rings. The molecule has 0 bridgehead atoms. The lowest BCUT2D eigenvalue weighted by Crippen LogP contribution is -2.39. The fourth-order valence-corrected chi connectivity index (χ4v) is 5.86. The van der Waals surface area contributed by atoms with Crippen molar-refractivity contribution in [2.24, 2.45) is 0 Å². The van der Waals surface area contributed by atoms with Crippen LogP contribution in [0.25, 0.3) is 0 Å². The normalized spacial score (nSPS) is 20.5. The third-order valence-electron chi connectivity index (χ3n) is 6.47. The molecule has 1 fully saturated rings. The summed E-state index contributed by atoms with van der Waals surface area (Å²) in [6.07, 6.45) is -4.69. The molecule has 2 N–H and O–H groups in total. The highest BCUT2D eigenvalue weighted by atomic mass is 32.2. The minimum absolute atomic E-state index is 0.0268. The third-order valence-corrected chi connectivity index (χ3v) is 8.14. The number of β-amino-alcohol motifs (C(OH)–C–C–N with tert-alkyl or cyclic N) is 1. The van der Waals surface area contributed by atoms with Gasteiger partial charge in [-0.1, -0.05) is 18.2 Å². The molecule has 0 saturated carbocycles. The van der Waals surface area contributed by atoms with Crippen LogP contribution in [0.1, 0.15) is 29.2 Å². The zero-order valence-corrected chi connectivity index (χ0v) is 20.3. The Kier molecular flexibility index (Phi) is 7.13. The van der Waals surface area contributed by atoms with E-state index < -0.39 is 51.3 Å². The first kappa shape index (κ1) is 26.1. The number of anilines is 1. The molecule has 0 spiro atoms. The van der Waals surface area contributed by atoms with Crippen molar-refractivity contribution < 1.29 is 36.3 Å². The number of carbonyl (C=O) groups excluding carboxylic acids is 2. The summed E-state index contributed by atoms with van der Waals surface area (Å²) in [6.45, 7) is 1.15. The topological polar surface area (TPSA) is 107 Å². The van der Waals surface area contributed by atoms with Crippen LogP contribution in [-0.4, -0.2) is 73.7 Å². The molecule has 0 aromatic heterocycles. The van der Waals surface area contributed by atoms with Gasteiger partial charge in [-0.2, -0.15) is 13.2 Å². The largest absolute Gasteiger partial charge is 0.416 e. The van der Waals surface area contributed by atoms with Crippen molar-refractivity contribution in [1.82, 2.24) is 9.80 Å². The molecule has 8 nitrogen and oxygen atoms in total. The predicted octanol–water partition coefficient (Wildman–Crippen LogP) is 2.24. The van der Waals surface area contributed by atoms with Crippen LogP contribution in [0.15, 0.2) is 47.4 Å². The second-order valence-electron chi connectivity index (χ2n) is 9.16. The lowest BCUT2D eigenvalue weighted by molar-refractivity contribution is -0.137. The van der Waals surface area contributed by atoms with E-state index in [1.807, 2.05) is 4.90 Å². The molecular weight excluding hydrogens is 499 g/mol. The molecule has 1 saturated heterocycles. The standard InChI is InChI=1S/C24H26F3N3O5S/c1-29(23(33)10-15-5-6-21-19(9-15)28-22(32)14-36(21,34)35)20(13-30-8-7-18(31)12-30)16-3-2-4-17(11-16)24(25,26)27/h2-6,9,11,18,20,31H,7-8,10,12-14H2,1H3,(H,28,32)/t18-,20+/m0/s1. The van der Waals surface area contributed by atoms with Crippen molar-refractivity contribution in [3.63, 3.8) is 0 Å². The van der Waals surface area contributed by atoms with Crippen molar-refractivity contribution in [3.8, 4) is 0 Å². The van der Waals surface area contributed by atoms with Crippen LogP contribution < -0.4 is 5.32 Å². The van der Waals surface area contributed by atoms with Gasteiger partial charge in [-0.3, -0.25) is 14.5 Å². The summed E-state index contributed by atoms with van der Waals surface area (Å²) in [5, 5.41) is 12.4. The number of carbonyl (C=O) groups is 2. The van der Waals surface area contributed by atoms with Gasteiger partial charge in [0.15, 0.2) is 9.84 Å². The van der Waals surface area contributed by atoms with E-state index >= 15 is 0 Å². The van der Waals surface area contributed by atoms with Gasteiger partial charge in [0.2, 0.25) is 11.8 Å². The van der Waals surface area contributed by atoms with Gasteiger partial charge in [0.25, 0.3) is 0 Å². The average Bonchev–Trinajstić information content (AvgIpc) is 3.20. The van der Waals surface area contributed by atoms with Crippen LogP contribution in [0, 0.1) is 0 Å².